The highest BCUT2D eigenvalue weighted by Crippen LogP contribution is 2.53. The van der Waals surface area contributed by atoms with Crippen molar-refractivity contribution >= 4 is 7.85 Å². The summed E-state index contributed by atoms with van der Waals surface area (Å²) < 4.78 is 5.36. The van der Waals surface area contributed by atoms with Crippen LogP contribution in [0.3, 0.4) is 0 Å². The molecule has 2 aliphatic rings. The molecule has 0 saturated carbocycles. The summed E-state index contributed by atoms with van der Waals surface area (Å²) in [6.45, 7) is 5.21. The molecule has 1 heterocycles. The summed E-state index contributed by atoms with van der Waals surface area (Å²) in [7, 11) is 10.4. The van der Waals surface area contributed by atoms with Gasteiger partial charge in [0.25, 0.3) is 0 Å². The lowest BCUT2D eigenvalue weighted by atomic mass is 9.59. The third-order valence-corrected chi connectivity index (χ3v) is 4.37. The first-order chi connectivity index (χ1) is 7.41. The van der Waals surface area contributed by atoms with Crippen molar-refractivity contribution in [3.8, 4) is 0 Å². The Hall–Kier alpha value is -0.435. The zero-order valence-electron chi connectivity index (χ0n) is 11.0. The van der Waals surface area contributed by atoms with Crippen molar-refractivity contribution in [2.75, 3.05) is 20.8 Å². The predicted octanol–water partition coefficient (Wildman–Crippen LogP) is 2.51. The van der Waals surface area contributed by atoms with E-state index >= 15 is 0 Å². The van der Waals surface area contributed by atoms with Crippen LogP contribution < -0.4 is 0 Å². The van der Waals surface area contributed by atoms with E-state index in [1.165, 1.54) is 24.1 Å². The van der Waals surface area contributed by atoms with Crippen molar-refractivity contribution < 1.29 is 4.74 Å². The smallest absolute Gasteiger partial charge is 0.0803 e. The van der Waals surface area contributed by atoms with E-state index in [2.05, 4.69) is 25.8 Å². The van der Waals surface area contributed by atoms with E-state index in [1.54, 1.807) is 7.11 Å². The number of ether oxygens (including phenoxy) is 1. The maximum atomic E-state index is 6.42. The molecule has 88 valence electrons. The molecule has 3 heteroatoms. The van der Waals surface area contributed by atoms with Gasteiger partial charge in [0, 0.05) is 19.9 Å². The molecule has 2 atom stereocenters. The number of hydrogen-bond acceptors (Lipinski definition) is 2. The standard InChI is InChI=1S/C13H22BNO/c1-12(9-16-4)8-10-11(15(12)3)6-5-7-13(10,2)14/h5-9H2,1-4H3. The molecule has 0 N–H and O–H groups in total. The Bertz CT molecular complexity index is 324. The van der Waals surface area contributed by atoms with Crippen LogP contribution in [0.15, 0.2) is 11.3 Å². The second-order valence-electron chi connectivity index (χ2n) is 5.86. The van der Waals surface area contributed by atoms with Crippen LogP contribution in [0.2, 0.25) is 5.31 Å². The molecule has 2 rings (SSSR count). The molecule has 0 bridgehead atoms. The lowest BCUT2D eigenvalue weighted by Gasteiger charge is -2.36. The quantitative estimate of drug-likeness (QED) is 0.661. The highest BCUT2D eigenvalue weighted by molar-refractivity contribution is 6.17. The molecule has 1 aliphatic heterocycles. The average molecular weight is 219 g/mol. The first-order valence-electron chi connectivity index (χ1n) is 6.15. The van der Waals surface area contributed by atoms with Crippen molar-refractivity contribution in [1.82, 2.24) is 4.90 Å². The molecule has 0 aromatic rings. The summed E-state index contributed by atoms with van der Waals surface area (Å²) in [5.74, 6) is 0. The molecular weight excluding hydrogens is 197 g/mol. The van der Waals surface area contributed by atoms with E-state index in [0.29, 0.717) is 0 Å². The Morgan fingerprint density at radius 1 is 1.44 bits per heavy atom. The number of likely N-dealkylation sites (N-methyl/N-ethyl adjacent to an activating group) is 1. The lowest BCUT2D eigenvalue weighted by Crippen LogP contribution is -2.42. The normalized spacial score (nSPS) is 39.1. The highest BCUT2D eigenvalue weighted by atomic mass is 16.5. The fourth-order valence-corrected chi connectivity index (χ4v) is 3.21. The second kappa shape index (κ2) is 3.80. The summed E-state index contributed by atoms with van der Waals surface area (Å²) in [5.41, 5.74) is 3.03. The third-order valence-electron chi connectivity index (χ3n) is 4.37. The van der Waals surface area contributed by atoms with Gasteiger partial charge < -0.3 is 9.64 Å². The third kappa shape index (κ3) is 1.69. The predicted molar refractivity (Wildman–Crippen MR) is 67.7 cm³/mol. The monoisotopic (exact) mass is 219 g/mol. The van der Waals surface area contributed by atoms with Gasteiger partial charge in [-0.25, -0.2) is 0 Å². The van der Waals surface area contributed by atoms with Crippen LogP contribution in [-0.2, 0) is 4.74 Å². The van der Waals surface area contributed by atoms with Gasteiger partial charge in [-0.1, -0.05) is 18.9 Å². The van der Waals surface area contributed by atoms with Crippen LogP contribution >= 0.6 is 0 Å². The minimum Gasteiger partial charge on any atom is -0.382 e. The first-order valence-corrected chi connectivity index (χ1v) is 6.15. The Morgan fingerprint density at radius 2 is 2.12 bits per heavy atom. The van der Waals surface area contributed by atoms with Crippen LogP contribution in [0, 0.1) is 0 Å². The van der Waals surface area contributed by atoms with E-state index in [0.717, 1.165) is 19.4 Å². The topological polar surface area (TPSA) is 12.5 Å². The van der Waals surface area contributed by atoms with E-state index < -0.39 is 0 Å². The number of hydrogen-bond donors (Lipinski definition) is 0. The summed E-state index contributed by atoms with van der Waals surface area (Å²) in [6, 6.07) is 0. The molecule has 0 spiro atoms. The summed E-state index contributed by atoms with van der Waals surface area (Å²) in [5, 5.41) is -0.104. The number of rotatable bonds is 2. The van der Waals surface area contributed by atoms with Gasteiger partial charge in [0.2, 0.25) is 0 Å². The molecule has 0 aromatic carbocycles. The van der Waals surface area contributed by atoms with Gasteiger partial charge in [-0.15, -0.1) is 0 Å². The van der Waals surface area contributed by atoms with Crippen molar-refractivity contribution in [2.45, 2.75) is 50.4 Å². The van der Waals surface area contributed by atoms with Gasteiger partial charge in [0.1, 0.15) is 0 Å². The van der Waals surface area contributed by atoms with E-state index in [4.69, 9.17) is 12.6 Å². The van der Waals surface area contributed by atoms with Gasteiger partial charge in [-0.2, -0.15) is 0 Å². The fourth-order valence-electron chi connectivity index (χ4n) is 3.21. The largest absolute Gasteiger partial charge is 0.382 e. The minimum atomic E-state index is -0.104. The Labute approximate surface area is 100 Å². The van der Waals surface area contributed by atoms with Gasteiger partial charge >= 0.3 is 0 Å². The van der Waals surface area contributed by atoms with Crippen LogP contribution in [0.5, 0.6) is 0 Å². The first kappa shape index (κ1) is 12.0. The molecule has 2 unspecified atom stereocenters. The zero-order chi connectivity index (χ0) is 12.0. The van der Waals surface area contributed by atoms with Gasteiger partial charge in [0.05, 0.1) is 20.0 Å². The highest BCUT2D eigenvalue weighted by Gasteiger charge is 2.44. The van der Waals surface area contributed by atoms with Crippen LogP contribution in [0.25, 0.3) is 0 Å². The Kier molecular flexibility index (Phi) is 2.86. The number of methoxy groups -OCH3 is 1. The molecular formula is C13H22BNO. The Morgan fingerprint density at radius 3 is 2.69 bits per heavy atom. The molecule has 2 nitrogen and oxygen atoms in total. The van der Waals surface area contributed by atoms with Crippen molar-refractivity contribution in [3.05, 3.63) is 11.3 Å². The van der Waals surface area contributed by atoms with Gasteiger partial charge in [0.15, 0.2) is 0 Å². The molecule has 1 aliphatic carbocycles. The molecule has 0 aromatic heterocycles. The summed E-state index contributed by atoms with van der Waals surface area (Å²) in [6.07, 6.45) is 4.56. The van der Waals surface area contributed by atoms with Crippen LogP contribution in [0.1, 0.15) is 39.5 Å². The SMILES string of the molecule is [B]C1(C)CCCC2=C1CC(C)(COC)N2C. The van der Waals surface area contributed by atoms with Crippen molar-refractivity contribution in [2.24, 2.45) is 0 Å². The zero-order valence-corrected chi connectivity index (χ0v) is 11.0. The fraction of sp³-hybridized carbons (Fsp3) is 0.846. The van der Waals surface area contributed by atoms with E-state index in [-0.39, 0.29) is 10.9 Å². The van der Waals surface area contributed by atoms with Crippen molar-refractivity contribution in [1.29, 1.82) is 0 Å². The minimum absolute atomic E-state index is 0.102. The number of nitrogens with zero attached hydrogens (tertiary/aromatic N) is 1. The van der Waals surface area contributed by atoms with E-state index in [1.807, 2.05) is 0 Å². The molecule has 2 radical (unpaired) electrons. The summed E-state index contributed by atoms with van der Waals surface area (Å²) in [4.78, 5) is 2.40. The van der Waals surface area contributed by atoms with E-state index in [9.17, 15) is 0 Å². The van der Waals surface area contributed by atoms with Crippen molar-refractivity contribution in [3.63, 3.8) is 0 Å². The second-order valence-corrected chi connectivity index (χ2v) is 5.86. The van der Waals surface area contributed by atoms with Gasteiger partial charge in [-0.05, 0) is 31.5 Å². The molecule has 16 heavy (non-hydrogen) atoms. The maximum Gasteiger partial charge on any atom is 0.0803 e. The summed E-state index contributed by atoms with van der Waals surface area (Å²) >= 11 is 0. The Balaban J connectivity index is 2.30. The average Bonchev–Trinajstić information content (AvgIpc) is 2.43. The van der Waals surface area contributed by atoms with Crippen LogP contribution in [-0.4, -0.2) is 39.0 Å². The molecule has 0 saturated heterocycles. The number of allylic oxidation sites excluding steroid dienone is 1. The lowest BCUT2D eigenvalue weighted by molar-refractivity contribution is 0.0691. The molecule has 0 amide bonds. The van der Waals surface area contributed by atoms with Crippen LogP contribution in [0.4, 0.5) is 0 Å². The maximum absolute atomic E-state index is 6.42. The molecule has 0 fully saturated rings. The van der Waals surface area contributed by atoms with Gasteiger partial charge in [-0.3, -0.25) is 0 Å².